The Kier molecular flexibility index (Phi) is 7.44. The second kappa shape index (κ2) is 9.82. The average Bonchev–Trinajstić information content (AvgIpc) is 2.91. The standard InChI is InChI=1S/C23H38N4O/c1-17(2)8-6-5-7-9-22(28)12-19-13-24-23(25-14-19)27-20-10-11-21(27)16-26(15-20)18(3)4/h13-14,17-18,20-21H,5-12,15-16H2,1-4H3. The van der Waals surface area contributed by atoms with Crippen LogP contribution in [0.5, 0.6) is 0 Å². The summed E-state index contributed by atoms with van der Waals surface area (Å²) in [5.74, 6) is 1.92. The van der Waals surface area contributed by atoms with E-state index in [-0.39, 0.29) is 0 Å². The third-order valence-electron chi connectivity index (χ3n) is 6.30. The molecule has 2 aliphatic rings. The van der Waals surface area contributed by atoms with Gasteiger partial charge in [-0.05, 0) is 44.6 Å². The summed E-state index contributed by atoms with van der Waals surface area (Å²) >= 11 is 0. The van der Waals surface area contributed by atoms with Crippen molar-refractivity contribution in [2.45, 2.75) is 97.2 Å². The molecule has 0 aliphatic carbocycles. The molecule has 0 amide bonds. The summed E-state index contributed by atoms with van der Waals surface area (Å²) in [7, 11) is 0. The van der Waals surface area contributed by atoms with Crippen LogP contribution in [-0.2, 0) is 11.2 Å². The maximum Gasteiger partial charge on any atom is 0.225 e. The van der Waals surface area contributed by atoms with Gasteiger partial charge in [-0.25, -0.2) is 9.97 Å². The van der Waals surface area contributed by atoms with Crippen LogP contribution in [0.1, 0.15) is 78.2 Å². The van der Waals surface area contributed by atoms with E-state index in [1.807, 2.05) is 12.4 Å². The molecule has 0 N–H and O–H groups in total. The van der Waals surface area contributed by atoms with Crippen LogP contribution in [0.3, 0.4) is 0 Å². The SMILES string of the molecule is CC(C)CCCCCC(=O)Cc1cnc(N2C3CCC2CN(C(C)C)C3)nc1. The number of aromatic nitrogens is 2. The van der Waals surface area contributed by atoms with Gasteiger partial charge in [0.05, 0.1) is 0 Å². The first kappa shape index (κ1) is 21.2. The van der Waals surface area contributed by atoms with E-state index >= 15 is 0 Å². The molecule has 2 bridgehead atoms. The molecular formula is C23H38N4O. The van der Waals surface area contributed by atoms with Crippen LogP contribution in [0.25, 0.3) is 0 Å². The zero-order valence-corrected chi connectivity index (χ0v) is 18.2. The molecule has 5 nitrogen and oxygen atoms in total. The van der Waals surface area contributed by atoms with E-state index in [2.05, 4.69) is 47.5 Å². The van der Waals surface area contributed by atoms with Gasteiger partial charge in [-0.1, -0.05) is 33.1 Å². The largest absolute Gasteiger partial charge is 0.332 e. The first-order valence-electron chi connectivity index (χ1n) is 11.3. The molecule has 1 aromatic heterocycles. The van der Waals surface area contributed by atoms with Crippen molar-refractivity contribution in [3.05, 3.63) is 18.0 Å². The molecule has 0 saturated carbocycles. The molecule has 2 fully saturated rings. The zero-order valence-electron chi connectivity index (χ0n) is 18.2. The Balaban J connectivity index is 1.47. The number of likely N-dealkylation sites (tertiary alicyclic amines) is 1. The number of hydrogen-bond donors (Lipinski definition) is 0. The van der Waals surface area contributed by atoms with E-state index in [1.54, 1.807) is 0 Å². The van der Waals surface area contributed by atoms with Crippen LogP contribution in [0.4, 0.5) is 5.95 Å². The van der Waals surface area contributed by atoms with Crippen molar-refractivity contribution in [1.29, 1.82) is 0 Å². The molecule has 2 atom stereocenters. The normalized spacial score (nSPS) is 22.4. The minimum atomic E-state index is 0.312. The molecule has 2 unspecified atom stereocenters. The van der Waals surface area contributed by atoms with Crippen LogP contribution in [0, 0.1) is 5.92 Å². The van der Waals surface area contributed by atoms with Gasteiger partial charge in [0.15, 0.2) is 0 Å². The Morgan fingerprint density at radius 3 is 2.25 bits per heavy atom. The Morgan fingerprint density at radius 1 is 1.04 bits per heavy atom. The van der Waals surface area contributed by atoms with Crippen molar-refractivity contribution >= 4 is 11.7 Å². The summed E-state index contributed by atoms with van der Waals surface area (Å²) in [6.07, 6.45) is 12.0. The van der Waals surface area contributed by atoms with Crippen LogP contribution >= 0.6 is 0 Å². The molecule has 0 aromatic carbocycles. The fraction of sp³-hybridized carbons (Fsp3) is 0.783. The lowest BCUT2D eigenvalue weighted by Crippen LogP contribution is -2.56. The van der Waals surface area contributed by atoms with Crippen LogP contribution in [-0.4, -0.2) is 51.9 Å². The summed E-state index contributed by atoms with van der Waals surface area (Å²) in [5, 5.41) is 0. The molecule has 3 rings (SSSR count). The molecule has 28 heavy (non-hydrogen) atoms. The number of anilines is 1. The van der Waals surface area contributed by atoms with Crippen molar-refractivity contribution in [2.75, 3.05) is 18.0 Å². The maximum absolute atomic E-state index is 12.2. The summed E-state index contributed by atoms with van der Waals surface area (Å²) in [4.78, 5) is 26.5. The molecular weight excluding hydrogens is 348 g/mol. The molecule has 2 aliphatic heterocycles. The number of carbonyl (C=O) groups is 1. The zero-order chi connectivity index (χ0) is 20.1. The number of hydrogen-bond acceptors (Lipinski definition) is 5. The predicted octanol–water partition coefficient (Wildman–Crippen LogP) is 4.26. The lowest BCUT2D eigenvalue weighted by atomic mass is 10.0. The fourth-order valence-electron chi connectivity index (χ4n) is 4.62. The maximum atomic E-state index is 12.2. The van der Waals surface area contributed by atoms with Gasteiger partial charge < -0.3 is 4.90 Å². The lowest BCUT2D eigenvalue weighted by molar-refractivity contribution is -0.118. The molecule has 156 valence electrons. The predicted molar refractivity (Wildman–Crippen MR) is 115 cm³/mol. The summed E-state index contributed by atoms with van der Waals surface area (Å²) < 4.78 is 0. The minimum Gasteiger partial charge on any atom is -0.332 e. The quantitative estimate of drug-likeness (QED) is 0.563. The van der Waals surface area contributed by atoms with Gasteiger partial charge in [-0.2, -0.15) is 0 Å². The molecule has 0 radical (unpaired) electrons. The smallest absolute Gasteiger partial charge is 0.225 e. The van der Waals surface area contributed by atoms with Crippen molar-refractivity contribution in [3.8, 4) is 0 Å². The highest BCUT2D eigenvalue weighted by atomic mass is 16.1. The van der Waals surface area contributed by atoms with Crippen molar-refractivity contribution in [3.63, 3.8) is 0 Å². The lowest BCUT2D eigenvalue weighted by Gasteiger charge is -2.42. The van der Waals surface area contributed by atoms with E-state index in [4.69, 9.17) is 0 Å². The van der Waals surface area contributed by atoms with Gasteiger partial charge in [0.2, 0.25) is 5.95 Å². The topological polar surface area (TPSA) is 49.3 Å². The van der Waals surface area contributed by atoms with Gasteiger partial charge in [-0.15, -0.1) is 0 Å². The van der Waals surface area contributed by atoms with Crippen molar-refractivity contribution in [2.24, 2.45) is 5.92 Å². The Labute approximate surface area is 170 Å². The number of fused-ring (bicyclic) bond motifs is 2. The number of piperazine rings is 1. The molecule has 3 heterocycles. The summed E-state index contributed by atoms with van der Waals surface area (Å²) in [6.45, 7) is 11.3. The van der Waals surface area contributed by atoms with Crippen LogP contribution in [0.15, 0.2) is 12.4 Å². The summed E-state index contributed by atoms with van der Waals surface area (Å²) in [5.41, 5.74) is 0.948. The number of ketones is 1. The Morgan fingerprint density at radius 2 is 1.68 bits per heavy atom. The van der Waals surface area contributed by atoms with E-state index < -0.39 is 0 Å². The summed E-state index contributed by atoms with van der Waals surface area (Å²) in [6, 6.07) is 1.66. The minimum absolute atomic E-state index is 0.312. The highest BCUT2D eigenvalue weighted by molar-refractivity contribution is 5.80. The third-order valence-corrected chi connectivity index (χ3v) is 6.30. The van der Waals surface area contributed by atoms with E-state index in [1.165, 1.54) is 25.7 Å². The third kappa shape index (κ3) is 5.53. The van der Waals surface area contributed by atoms with Gasteiger partial charge in [0.25, 0.3) is 0 Å². The molecule has 0 spiro atoms. The van der Waals surface area contributed by atoms with Gasteiger partial charge in [0.1, 0.15) is 5.78 Å². The molecule has 5 heteroatoms. The average molecular weight is 387 g/mol. The highest BCUT2D eigenvalue weighted by Gasteiger charge is 2.41. The van der Waals surface area contributed by atoms with Gasteiger partial charge in [0, 0.05) is 56.5 Å². The van der Waals surface area contributed by atoms with E-state index in [0.29, 0.717) is 36.8 Å². The number of carbonyl (C=O) groups excluding carboxylic acids is 1. The number of unbranched alkanes of at least 4 members (excludes halogenated alkanes) is 2. The van der Waals surface area contributed by atoms with Gasteiger partial charge in [-0.3, -0.25) is 9.69 Å². The number of rotatable bonds is 10. The number of nitrogens with zero attached hydrogens (tertiary/aromatic N) is 4. The number of Topliss-reactive ketones (excluding diaryl/α,β-unsaturated/α-hetero) is 1. The molecule has 1 aromatic rings. The monoisotopic (exact) mass is 386 g/mol. The van der Waals surface area contributed by atoms with Crippen molar-refractivity contribution in [1.82, 2.24) is 14.9 Å². The first-order chi connectivity index (χ1) is 13.4. The Hall–Kier alpha value is -1.49. The van der Waals surface area contributed by atoms with Gasteiger partial charge >= 0.3 is 0 Å². The van der Waals surface area contributed by atoms with Crippen LogP contribution in [0.2, 0.25) is 0 Å². The van der Waals surface area contributed by atoms with E-state index in [0.717, 1.165) is 43.4 Å². The second-order valence-electron chi connectivity index (χ2n) is 9.44. The Bertz CT molecular complexity index is 614. The van der Waals surface area contributed by atoms with Crippen molar-refractivity contribution < 1.29 is 4.79 Å². The van der Waals surface area contributed by atoms with Crippen LogP contribution < -0.4 is 4.90 Å². The van der Waals surface area contributed by atoms with E-state index in [9.17, 15) is 4.79 Å². The molecule has 2 saturated heterocycles. The highest BCUT2D eigenvalue weighted by Crippen LogP contribution is 2.33. The first-order valence-corrected chi connectivity index (χ1v) is 11.3. The second-order valence-corrected chi connectivity index (χ2v) is 9.44. The fourth-order valence-corrected chi connectivity index (χ4v) is 4.62.